The minimum Gasteiger partial charge on any atom is -0.478 e. The molecule has 0 unspecified atom stereocenters. The Labute approximate surface area is 703 Å². The van der Waals surface area contributed by atoms with Crippen molar-refractivity contribution in [2.75, 3.05) is 37.2 Å². The minimum absolute atomic E-state index is 0.00622. The molecule has 0 saturated heterocycles. The molecule has 22 heteroatoms. The molecule has 0 radical (unpaired) electrons. The predicted octanol–water partition coefficient (Wildman–Crippen LogP) is 20.9. The van der Waals surface area contributed by atoms with Gasteiger partial charge in [0.15, 0.2) is 11.6 Å². The zero-order valence-corrected chi connectivity index (χ0v) is 68.6. The van der Waals surface area contributed by atoms with Gasteiger partial charge in [-0.3, -0.25) is 33.2 Å². The molecule has 0 saturated carbocycles. The van der Waals surface area contributed by atoms with Crippen LogP contribution in [0.5, 0.6) is 5.75 Å². The molecule has 0 aliphatic heterocycles. The summed E-state index contributed by atoms with van der Waals surface area (Å²) in [5.74, 6) is -3.17. The van der Waals surface area contributed by atoms with Crippen LogP contribution in [-0.2, 0) is 25.1 Å². The summed E-state index contributed by atoms with van der Waals surface area (Å²) in [4.78, 5) is 118. The fraction of sp³-hybridized carbons (Fsp3) is 0.101. The van der Waals surface area contributed by atoms with Gasteiger partial charge in [0, 0.05) is 53.3 Å². The van der Waals surface area contributed by atoms with Gasteiger partial charge in [0.25, 0.3) is 5.91 Å². The number of carboxylic acid groups (broad SMARTS) is 2. The van der Waals surface area contributed by atoms with Gasteiger partial charge in [-0.2, -0.15) is 0 Å². The van der Waals surface area contributed by atoms with Gasteiger partial charge >= 0.3 is 39.1 Å². The molecule has 0 aliphatic carbocycles. The van der Waals surface area contributed by atoms with Crippen molar-refractivity contribution in [3.63, 3.8) is 0 Å². The van der Waals surface area contributed by atoms with Crippen LogP contribution in [0.25, 0.3) is 33.0 Å². The highest BCUT2D eigenvalue weighted by Crippen LogP contribution is 2.41. The van der Waals surface area contributed by atoms with Crippen LogP contribution in [0, 0.1) is 13.8 Å². The Hall–Kier alpha value is -13.9. The Kier molecular flexibility index (Phi) is 37.3. The number of nitrogens with zero attached hydrogens (tertiary/aromatic N) is 2. The maximum absolute atomic E-state index is 11.9. The third-order valence-corrected chi connectivity index (χ3v) is 19.1. The SMILES string of the molecule is CCOC(=O)CC(=O)c1ccccc1.Cc1ccc(-c2cccc(-c3ccc(C)cc3)c2)cc1.O=C(NCCN(CP(=O)(O)O)CP(=O)(O)O)c1ccccc1.O=C(O)c1ccc(CC(=O)c2ccccc2)cc1.O=C(O)c1ccc(OC(=O)c2ccccc2)cc1.c1ccc(N(c2ccccc2)c2ccccc2)cc1.c1ccc2ccccc2c1. The second-order valence-corrected chi connectivity index (χ2v) is 30.2. The normalized spacial score (nSPS) is 10.4. The van der Waals surface area contributed by atoms with E-state index in [0.29, 0.717) is 34.6 Å². The van der Waals surface area contributed by atoms with Crippen LogP contribution in [0.1, 0.15) is 92.2 Å². The number of carboxylic acids is 2. The molecule has 0 spiro atoms. The van der Waals surface area contributed by atoms with Gasteiger partial charge in [-0.05, 0) is 162 Å². The highest BCUT2D eigenvalue weighted by molar-refractivity contribution is 7.52. The zero-order valence-electron chi connectivity index (χ0n) is 66.8. The third kappa shape index (κ3) is 33.6. The van der Waals surface area contributed by atoms with Crippen molar-refractivity contribution in [1.82, 2.24) is 10.2 Å². The topological polar surface area (TPSA) is 312 Å². The molecule has 14 aromatic rings. The van der Waals surface area contributed by atoms with E-state index in [1.165, 1.54) is 97.6 Å². The summed E-state index contributed by atoms with van der Waals surface area (Å²) in [5.41, 5.74) is 14.4. The van der Waals surface area contributed by atoms with Crippen LogP contribution in [0.3, 0.4) is 0 Å². The number of Topliss-reactive ketones (excluding diaryl/α,β-unsaturated/α-hetero) is 2. The highest BCUT2D eigenvalue weighted by atomic mass is 31.2. The number of amides is 1. The summed E-state index contributed by atoms with van der Waals surface area (Å²) in [6.07, 6.45) is -1.49. The molecule has 616 valence electrons. The minimum atomic E-state index is -4.46. The first-order valence-electron chi connectivity index (χ1n) is 38.3. The smallest absolute Gasteiger partial charge is 0.343 e. The van der Waals surface area contributed by atoms with Crippen LogP contribution < -0.4 is 15.0 Å². The molecule has 0 heterocycles. The summed E-state index contributed by atoms with van der Waals surface area (Å²) >= 11 is 0. The van der Waals surface area contributed by atoms with Crippen molar-refractivity contribution in [3.05, 3.63) is 432 Å². The van der Waals surface area contributed by atoms with Gasteiger partial charge < -0.3 is 49.5 Å². The lowest BCUT2D eigenvalue weighted by atomic mass is 9.98. The number of esters is 2. The Balaban J connectivity index is 0.000000177. The van der Waals surface area contributed by atoms with Crippen molar-refractivity contribution in [2.24, 2.45) is 0 Å². The number of ketones is 2. The number of fused-ring (bicyclic) bond motifs is 1. The number of ether oxygens (including phenoxy) is 2. The van der Waals surface area contributed by atoms with E-state index in [-0.39, 0.29) is 54.5 Å². The second kappa shape index (κ2) is 48.7. The van der Waals surface area contributed by atoms with Gasteiger partial charge in [-0.25, -0.2) is 14.4 Å². The number of anilines is 3. The predicted molar refractivity (Wildman–Crippen MR) is 476 cm³/mol. The number of carbonyl (C=O) groups is 7. The van der Waals surface area contributed by atoms with E-state index < -0.39 is 51.6 Å². The summed E-state index contributed by atoms with van der Waals surface area (Å²) in [6, 6.07) is 121. The Bertz CT molecular complexity index is 5310. The number of para-hydroxylation sites is 3. The highest BCUT2D eigenvalue weighted by Gasteiger charge is 2.26. The largest absolute Gasteiger partial charge is 0.478 e. The quantitative estimate of drug-likeness (QED) is 0.00972. The average Bonchev–Trinajstić information content (AvgIpc) is 0.820. The Morgan fingerprint density at radius 1 is 0.364 bits per heavy atom. The monoisotopic (exact) mass is 1660 g/mol. The van der Waals surface area contributed by atoms with Crippen molar-refractivity contribution >= 4 is 84.4 Å². The molecule has 20 nitrogen and oxygen atoms in total. The fourth-order valence-corrected chi connectivity index (χ4v) is 13.2. The molecule has 1 amide bonds. The number of aromatic carboxylic acids is 2. The molecule has 7 N–H and O–H groups in total. The fourth-order valence-electron chi connectivity index (χ4n) is 11.6. The Morgan fingerprint density at radius 3 is 1.08 bits per heavy atom. The van der Waals surface area contributed by atoms with Gasteiger partial charge in [-0.15, -0.1) is 0 Å². The molecule has 0 aromatic heterocycles. The molecular weight excluding hydrogens is 1570 g/mol. The molecule has 0 fully saturated rings. The van der Waals surface area contributed by atoms with Crippen molar-refractivity contribution in [2.45, 2.75) is 33.6 Å². The van der Waals surface area contributed by atoms with Crippen LogP contribution in [0.15, 0.2) is 382 Å². The average molecular weight is 1660 g/mol. The van der Waals surface area contributed by atoms with E-state index in [0.717, 1.165) is 10.5 Å². The molecule has 14 rings (SSSR count). The molecule has 121 heavy (non-hydrogen) atoms. The number of rotatable bonds is 24. The maximum atomic E-state index is 11.9. The second-order valence-electron chi connectivity index (χ2n) is 27.0. The lowest BCUT2D eigenvalue weighted by molar-refractivity contribution is -0.142. The van der Waals surface area contributed by atoms with Crippen molar-refractivity contribution < 1.29 is 82.0 Å². The number of hydrogen-bond donors (Lipinski definition) is 7. The summed E-state index contributed by atoms with van der Waals surface area (Å²) in [7, 11) is -8.92. The van der Waals surface area contributed by atoms with Crippen LogP contribution >= 0.6 is 15.2 Å². The van der Waals surface area contributed by atoms with Crippen LogP contribution in [0.4, 0.5) is 17.1 Å². The summed E-state index contributed by atoms with van der Waals surface area (Å²) < 4.78 is 31.7. The molecule has 14 aromatic carbocycles. The lowest BCUT2D eigenvalue weighted by Crippen LogP contribution is -2.36. The Morgan fingerprint density at radius 2 is 0.711 bits per heavy atom. The number of benzene rings is 14. The maximum Gasteiger partial charge on any atom is 0.343 e. The number of nitrogens with one attached hydrogen (secondary N) is 1. The standard InChI is InChI=1S/C20H18.C18H15N.C15H12O3.C14H10O4.C11H18N2O7P2.C11H12O3.C10H8/c1-15-6-10-17(11-7-15)19-4-3-5-20(14-19)18-12-8-16(2)9-13-18;1-4-10-16(11-5-1)19(17-12-6-2-7-13-17)18-14-8-3-9-15-18;16-14(12-4-2-1-3-5-12)10-11-6-8-13(9-7-11)15(17)18;15-13(16)10-6-8-12(9-7-10)18-14(17)11-4-2-1-3-5-11;14-11(10-4-2-1-3-5-10)12-6-7-13(8-21(15,16)17)9-22(18,19)20;1-2-14-11(13)8-10(12)9-6-4-3-5-7-9;1-2-6-10-8-4-3-7-9(10)5-1/h3-14H,1-2H3;1-15H;1-9H,10H2,(H,17,18);1-9H,(H,15,16);1-5H,6-9H2,(H,12,14)(H2,15,16,17)(H2,18,19,20);3-7H,2,8H2,1H3;1-8H. The molecule has 0 atom stereocenters. The third-order valence-electron chi connectivity index (χ3n) is 17.5. The van der Waals surface area contributed by atoms with E-state index in [1.54, 1.807) is 116 Å². The number of carbonyl (C=O) groups excluding carboxylic acids is 5. The first kappa shape index (κ1) is 92.6. The first-order chi connectivity index (χ1) is 58.3. The van der Waals surface area contributed by atoms with Gasteiger partial charge in [0.1, 0.15) is 24.7 Å². The number of aryl methyl sites for hydroxylation is 2. The van der Waals surface area contributed by atoms with Gasteiger partial charge in [0.05, 0.1) is 23.3 Å². The number of hydrogen-bond acceptors (Lipinski definition) is 13. The van der Waals surface area contributed by atoms with Crippen molar-refractivity contribution in [3.8, 4) is 28.0 Å². The molecular formula is C99H93N3O17P2. The van der Waals surface area contributed by atoms with E-state index in [2.05, 4.69) is 223 Å². The lowest BCUT2D eigenvalue weighted by Gasteiger charge is -2.25. The van der Waals surface area contributed by atoms with E-state index in [9.17, 15) is 42.7 Å². The first-order valence-corrected chi connectivity index (χ1v) is 41.9. The van der Waals surface area contributed by atoms with E-state index in [4.69, 9.17) is 34.5 Å². The van der Waals surface area contributed by atoms with Gasteiger partial charge in [0.2, 0.25) is 0 Å². The van der Waals surface area contributed by atoms with Gasteiger partial charge in [-0.1, -0.05) is 290 Å². The molecule has 0 bridgehead atoms. The zero-order chi connectivity index (χ0) is 86.8. The molecule has 0 aliphatic rings. The summed E-state index contributed by atoms with van der Waals surface area (Å²) in [5, 5.41) is 22.6. The van der Waals surface area contributed by atoms with Crippen molar-refractivity contribution in [1.29, 1.82) is 0 Å². The van der Waals surface area contributed by atoms with E-state index >= 15 is 0 Å². The van der Waals surface area contributed by atoms with Crippen LogP contribution in [-0.4, -0.2) is 108 Å². The summed E-state index contributed by atoms with van der Waals surface area (Å²) in [6.45, 7) is 6.15. The van der Waals surface area contributed by atoms with E-state index in [1.807, 2.05) is 42.5 Å². The van der Waals surface area contributed by atoms with Crippen LogP contribution in [0.2, 0.25) is 0 Å².